The van der Waals surface area contributed by atoms with Gasteiger partial charge in [0.05, 0.1) is 33.5 Å². The fourth-order valence-electron chi connectivity index (χ4n) is 15.0. The van der Waals surface area contributed by atoms with Gasteiger partial charge in [-0.25, -0.2) is 0 Å². The number of alkyl halides is 6. The molecule has 2 aromatic heterocycles. The smallest absolute Gasteiger partial charge is 0.309 e. The predicted octanol–water partition coefficient (Wildman–Crippen LogP) is 29.3. The van der Waals surface area contributed by atoms with E-state index in [1.54, 1.807) is 6.07 Å². The first-order chi connectivity index (χ1) is 53.8. The number of fused-ring (bicyclic) bond motifs is 2. The lowest BCUT2D eigenvalue weighted by Gasteiger charge is -2.15. The van der Waals surface area contributed by atoms with Gasteiger partial charge in [0.25, 0.3) is 0 Å². The van der Waals surface area contributed by atoms with E-state index in [0.29, 0.717) is 11.1 Å². The van der Waals surface area contributed by atoms with E-state index in [2.05, 4.69) is 300 Å². The van der Waals surface area contributed by atoms with Gasteiger partial charge in [-0.15, -0.1) is 0 Å². The molecule has 8 heteroatoms. The molecule has 0 atom stereocenters. The number of benzene rings is 16. The van der Waals surface area contributed by atoms with E-state index in [-0.39, 0.29) is 0 Å². The van der Waals surface area contributed by atoms with Crippen LogP contribution < -0.4 is 0 Å². The van der Waals surface area contributed by atoms with Crippen LogP contribution >= 0.6 is 0 Å². The molecule has 0 N–H and O–H groups in total. The summed E-state index contributed by atoms with van der Waals surface area (Å²) in [6, 6.07) is 137. The van der Waals surface area contributed by atoms with Crippen LogP contribution in [0.25, 0.3) is 167 Å². The fraction of sp³-hybridized carbons (Fsp3) is 0.0196. The molecule has 0 aliphatic heterocycles. The lowest BCUT2D eigenvalue weighted by molar-refractivity contribution is -0.138. The first kappa shape index (κ1) is 69.2. The quantitative estimate of drug-likeness (QED) is 0.0961. The zero-order valence-corrected chi connectivity index (χ0v) is 59.4. The molecule has 18 rings (SSSR count). The van der Waals surface area contributed by atoms with Crippen molar-refractivity contribution in [2.45, 2.75) is 12.4 Å². The molecule has 0 aliphatic carbocycles. The van der Waals surface area contributed by atoms with Crippen molar-refractivity contribution in [1.29, 1.82) is 0 Å². The Bertz CT molecular complexity index is 6220. The lowest BCUT2D eigenvalue weighted by atomic mass is 9.94. The molecule has 0 unspecified atom stereocenters. The summed E-state index contributed by atoms with van der Waals surface area (Å²) in [6.45, 7) is 0. The van der Waals surface area contributed by atoms with Crippen LogP contribution in [0.5, 0.6) is 0 Å². The van der Waals surface area contributed by atoms with Gasteiger partial charge in [-0.05, 0) is 184 Å². The minimum atomic E-state index is -4.41. The van der Waals surface area contributed by atoms with E-state index >= 15 is 0 Å². The highest BCUT2D eigenvalue weighted by atomic mass is 19.4. The Balaban J connectivity index is 0.000000160. The summed E-state index contributed by atoms with van der Waals surface area (Å²) in [5.74, 6) is 0. The van der Waals surface area contributed by atoms with Crippen molar-refractivity contribution in [3.05, 3.63) is 424 Å². The Labute approximate surface area is 634 Å². The van der Waals surface area contributed by atoms with Crippen LogP contribution in [0.15, 0.2) is 413 Å². The van der Waals surface area contributed by atoms with Crippen LogP contribution in [0.3, 0.4) is 0 Å². The number of aromatic nitrogens is 2. The average molecular weight is 1440 g/mol. The highest BCUT2D eigenvalue weighted by Crippen LogP contribution is 2.48. The lowest BCUT2D eigenvalue weighted by Crippen LogP contribution is -2.04. The van der Waals surface area contributed by atoms with E-state index in [9.17, 15) is 26.3 Å². The van der Waals surface area contributed by atoms with Gasteiger partial charge in [-0.3, -0.25) is 0 Å². The summed E-state index contributed by atoms with van der Waals surface area (Å²) in [5.41, 5.74) is 27.8. The fourth-order valence-corrected chi connectivity index (χ4v) is 15.0. The molecule has 0 spiro atoms. The van der Waals surface area contributed by atoms with Gasteiger partial charge in [0.1, 0.15) is 0 Å². The monoisotopic (exact) mass is 1430 g/mol. The summed E-state index contributed by atoms with van der Waals surface area (Å²) in [6.07, 6.45) is -8.79. The maximum absolute atomic E-state index is 13.6. The molecule has 0 bridgehead atoms. The molecule has 528 valence electrons. The summed E-state index contributed by atoms with van der Waals surface area (Å²) in [4.78, 5) is 0. The number of halogens is 6. The summed E-state index contributed by atoms with van der Waals surface area (Å²) < 4.78 is 85.2. The highest BCUT2D eigenvalue weighted by molar-refractivity contribution is 6.09. The predicted molar refractivity (Wildman–Crippen MR) is 442 cm³/mol. The third kappa shape index (κ3) is 14.2. The van der Waals surface area contributed by atoms with Gasteiger partial charge in [0, 0.05) is 33.3 Å². The Kier molecular flexibility index (Phi) is 18.8. The van der Waals surface area contributed by atoms with Gasteiger partial charge in [-0.1, -0.05) is 340 Å². The van der Waals surface area contributed by atoms with Crippen molar-refractivity contribution < 1.29 is 26.3 Å². The first-order valence-corrected chi connectivity index (χ1v) is 36.5. The summed E-state index contributed by atoms with van der Waals surface area (Å²) >= 11 is 0. The molecule has 0 fully saturated rings. The molecule has 0 saturated heterocycles. The topological polar surface area (TPSA) is 9.86 Å². The van der Waals surface area contributed by atoms with Crippen molar-refractivity contribution in [2.24, 2.45) is 0 Å². The highest BCUT2D eigenvalue weighted by Gasteiger charge is 2.32. The minimum absolute atomic E-state index is 0.518. The van der Waals surface area contributed by atoms with E-state index in [1.807, 2.05) is 72.8 Å². The molecule has 110 heavy (non-hydrogen) atoms. The van der Waals surface area contributed by atoms with Crippen LogP contribution in [-0.2, 0) is 12.4 Å². The first-order valence-electron chi connectivity index (χ1n) is 36.5. The standard InChI is InChI=1S/2C51H34F3N/c52-51(53,54)45-18-10-17-43(33-45)40-27-30-46(31-28-40)55-48-32-29-44(39-21-19-37(20-22-39)35-11-4-1-5-12-35)34-47(48)49(50(55)42-15-8-3-9-16-42)41-25-23-38(24-26-41)36-13-6-2-7-14-36;52-51(53,54)45-29-24-39(25-30-45)40-26-31-46(32-27-40)55-48-33-28-44(41-18-16-37(17-19-41)35-10-4-1-5-11-35)34-47(48)49(50(55)43-14-8-3-9-15-43)42-22-20-38(21-23-42)36-12-6-2-7-13-36/h2*1-34H. The van der Waals surface area contributed by atoms with E-state index < -0.39 is 23.5 Å². The van der Waals surface area contributed by atoms with E-state index in [1.165, 1.54) is 41.0 Å². The van der Waals surface area contributed by atoms with Gasteiger partial charge in [-0.2, -0.15) is 26.3 Å². The molecule has 0 saturated carbocycles. The second-order valence-corrected chi connectivity index (χ2v) is 27.3. The Morgan fingerprint density at radius 2 is 0.382 bits per heavy atom. The average Bonchev–Trinajstić information content (AvgIpc) is 1.57. The van der Waals surface area contributed by atoms with Crippen molar-refractivity contribution in [3.63, 3.8) is 0 Å². The maximum Gasteiger partial charge on any atom is 0.416 e. The van der Waals surface area contributed by atoms with Gasteiger partial charge >= 0.3 is 12.4 Å². The number of hydrogen-bond acceptors (Lipinski definition) is 0. The van der Waals surface area contributed by atoms with Gasteiger partial charge in [0.2, 0.25) is 0 Å². The largest absolute Gasteiger partial charge is 0.416 e. The van der Waals surface area contributed by atoms with Crippen LogP contribution in [0.4, 0.5) is 26.3 Å². The molecule has 0 radical (unpaired) electrons. The number of rotatable bonds is 14. The number of hydrogen-bond donors (Lipinski definition) is 0. The second kappa shape index (κ2) is 29.8. The van der Waals surface area contributed by atoms with Crippen molar-refractivity contribution in [3.8, 4) is 145 Å². The molecule has 16 aromatic carbocycles. The Morgan fingerprint density at radius 3 is 0.673 bits per heavy atom. The van der Waals surface area contributed by atoms with Crippen molar-refractivity contribution >= 4 is 21.8 Å². The third-order valence-corrected chi connectivity index (χ3v) is 20.6. The second-order valence-electron chi connectivity index (χ2n) is 27.3. The minimum Gasteiger partial charge on any atom is -0.309 e. The summed E-state index contributed by atoms with van der Waals surface area (Å²) in [7, 11) is 0. The van der Waals surface area contributed by atoms with Crippen LogP contribution in [0, 0.1) is 0 Å². The third-order valence-electron chi connectivity index (χ3n) is 20.6. The molecule has 0 aliphatic rings. The number of nitrogens with zero attached hydrogens (tertiary/aromatic N) is 2. The molecule has 2 heterocycles. The molecule has 18 aromatic rings. The molecular formula is C102H68F6N2. The van der Waals surface area contributed by atoms with Gasteiger partial charge in [0.15, 0.2) is 0 Å². The Hall–Kier alpha value is -13.8. The van der Waals surface area contributed by atoms with Crippen LogP contribution in [0.2, 0.25) is 0 Å². The molecule has 2 nitrogen and oxygen atoms in total. The zero-order valence-electron chi connectivity index (χ0n) is 59.4. The molecular weight excluding hydrogens is 1370 g/mol. The Morgan fingerprint density at radius 1 is 0.164 bits per heavy atom. The van der Waals surface area contributed by atoms with Gasteiger partial charge < -0.3 is 9.13 Å². The SMILES string of the molecule is FC(F)(F)c1ccc(-c2ccc(-n3c(-c4ccccc4)c(-c4ccc(-c5ccccc5)cc4)c4cc(-c5ccc(-c6ccccc6)cc5)ccc43)cc2)cc1.FC(F)(F)c1cccc(-c2ccc(-n3c(-c4ccccc4)c(-c4ccc(-c5ccccc5)cc4)c4cc(-c5ccc(-c6ccccc6)cc5)ccc43)cc2)c1. The van der Waals surface area contributed by atoms with Crippen molar-refractivity contribution in [2.75, 3.05) is 0 Å². The maximum atomic E-state index is 13.6. The summed E-state index contributed by atoms with van der Waals surface area (Å²) in [5, 5.41) is 2.21. The zero-order chi connectivity index (χ0) is 74.7. The van der Waals surface area contributed by atoms with E-state index in [0.717, 1.165) is 157 Å². The van der Waals surface area contributed by atoms with E-state index in [4.69, 9.17) is 0 Å². The van der Waals surface area contributed by atoms with Crippen molar-refractivity contribution in [1.82, 2.24) is 9.13 Å². The normalized spacial score (nSPS) is 11.5. The van der Waals surface area contributed by atoms with Crippen LogP contribution in [-0.4, -0.2) is 9.13 Å². The van der Waals surface area contributed by atoms with Crippen LogP contribution in [0.1, 0.15) is 11.1 Å². The molecule has 0 amide bonds.